The molecule has 0 unspecified atom stereocenters. The number of nitrogens with zero attached hydrogens (tertiary/aromatic N) is 2. The third-order valence-corrected chi connectivity index (χ3v) is 4.26. The summed E-state index contributed by atoms with van der Waals surface area (Å²) >= 11 is 1.44. The van der Waals surface area contributed by atoms with Gasteiger partial charge in [-0.2, -0.15) is 0 Å². The van der Waals surface area contributed by atoms with Crippen LogP contribution in [-0.2, 0) is 9.59 Å². The van der Waals surface area contributed by atoms with E-state index in [4.69, 9.17) is 5.11 Å². The van der Waals surface area contributed by atoms with E-state index in [0.29, 0.717) is 12.3 Å². The summed E-state index contributed by atoms with van der Waals surface area (Å²) in [6.45, 7) is 2.59. The lowest BCUT2D eigenvalue weighted by atomic mass is 10.1. The third-order valence-electron chi connectivity index (χ3n) is 3.46. The van der Waals surface area contributed by atoms with Crippen LogP contribution in [0.5, 0.6) is 0 Å². The molecule has 0 radical (unpaired) electrons. The maximum atomic E-state index is 12.3. The molecule has 0 saturated heterocycles. The van der Waals surface area contributed by atoms with Crippen LogP contribution in [0.3, 0.4) is 0 Å². The Hall–Kier alpha value is -1.79. The van der Waals surface area contributed by atoms with Crippen molar-refractivity contribution >= 4 is 29.3 Å². The number of rotatable bonds is 6. The largest absolute Gasteiger partial charge is 0.395 e. The number of amides is 2. The van der Waals surface area contributed by atoms with E-state index in [0.717, 1.165) is 11.3 Å². The lowest BCUT2D eigenvalue weighted by molar-refractivity contribution is -0.137. The number of benzene rings is 1. The molecule has 6 heteroatoms. The number of carbonyl (C=O) groups is 2. The van der Waals surface area contributed by atoms with Gasteiger partial charge in [0.15, 0.2) is 0 Å². The fraction of sp³-hybridized carbons (Fsp3) is 0.375. The van der Waals surface area contributed by atoms with E-state index in [1.165, 1.54) is 16.7 Å². The minimum Gasteiger partial charge on any atom is -0.395 e. The van der Waals surface area contributed by atoms with Crippen molar-refractivity contribution in [1.82, 2.24) is 9.80 Å². The van der Waals surface area contributed by atoms with Gasteiger partial charge >= 0.3 is 0 Å². The number of thioether (sulfide) groups is 1. The van der Waals surface area contributed by atoms with Crippen LogP contribution in [0.1, 0.15) is 12.5 Å². The van der Waals surface area contributed by atoms with E-state index in [1.54, 1.807) is 4.90 Å². The molecule has 1 aliphatic heterocycles. The van der Waals surface area contributed by atoms with Gasteiger partial charge in [-0.15, -0.1) is 11.8 Å². The minimum atomic E-state index is -0.154. The van der Waals surface area contributed by atoms with Gasteiger partial charge in [0.25, 0.3) is 0 Å². The van der Waals surface area contributed by atoms with Crippen molar-refractivity contribution in [1.29, 1.82) is 0 Å². The molecule has 118 valence electrons. The molecule has 0 bridgehead atoms. The second-order valence-corrected chi connectivity index (χ2v) is 5.71. The van der Waals surface area contributed by atoms with Gasteiger partial charge < -0.3 is 14.9 Å². The first-order valence-electron chi connectivity index (χ1n) is 7.23. The highest BCUT2D eigenvalue weighted by Crippen LogP contribution is 2.27. The lowest BCUT2D eigenvalue weighted by Gasteiger charge is -2.30. The Labute approximate surface area is 134 Å². The van der Waals surface area contributed by atoms with Crippen LogP contribution in [0.2, 0.25) is 0 Å². The molecular weight excluding hydrogens is 300 g/mol. The highest BCUT2D eigenvalue weighted by atomic mass is 32.2. The fourth-order valence-electron chi connectivity index (χ4n) is 2.29. The second kappa shape index (κ2) is 8.00. The summed E-state index contributed by atoms with van der Waals surface area (Å²) in [7, 11) is 0. The Morgan fingerprint density at radius 3 is 2.73 bits per heavy atom. The number of aliphatic hydroxyl groups is 1. The number of carbonyl (C=O) groups excluding carboxylic acids is 2. The van der Waals surface area contributed by atoms with E-state index in [-0.39, 0.29) is 31.5 Å². The molecule has 2 amide bonds. The zero-order chi connectivity index (χ0) is 15.9. The molecule has 0 spiro atoms. The molecule has 1 heterocycles. The van der Waals surface area contributed by atoms with Crippen LogP contribution >= 0.6 is 11.8 Å². The first-order chi connectivity index (χ1) is 10.7. The van der Waals surface area contributed by atoms with Gasteiger partial charge in [-0.25, -0.2) is 0 Å². The van der Waals surface area contributed by atoms with Crippen molar-refractivity contribution in [3.05, 3.63) is 41.3 Å². The summed E-state index contributed by atoms with van der Waals surface area (Å²) in [5, 5.41) is 10.9. The molecule has 1 aliphatic rings. The maximum Gasteiger partial charge on any atom is 0.242 e. The highest BCUT2D eigenvalue weighted by Gasteiger charge is 2.26. The second-order valence-electron chi connectivity index (χ2n) is 4.86. The van der Waals surface area contributed by atoms with Crippen molar-refractivity contribution < 1.29 is 14.7 Å². The van der Waals surface area contributed by atoms with Crippen LogP contribution in [0, 0.1) is 0 Å². The molecule has 0 fully saturated rings. The summed E-state index contributed by atoms with van der Waals surface area (Å²) in [5.74, 6) is 0.119. The van der Waals surface area contributed by atoms with E-state index in [2.05, 4.69) is 0 Å². The molecular formula is C16H20N2O3S. The zero-order valence-electron chi connectivity index (χ0n) is 12.6. The Morgan fingerprint density at radius 1 is 1.36 bits per heavy atom. The van der Waals surface area contributed by atoms with Gasteiger partial charge in [0.05, 0.1) is 18.1 Å². The molecule has 1 aromatic carbocycles. The number of hydrogen-bond acceptors (Lipinski definition) is 4. The molecule has 0 aromatic heterocycles. The summed E-state index contributed by atoms with van der Waals surface area (Å²) in [6.07, 6.45) is 0. The SMILES string of the molecule is CCN(CCO)C(=O)CN1C(=O)CSC=C1c1ccccc1. The molecule has 22 heavy (non-hydrogen) atoms. The van der Waals surface area contributed by atoms with E-state index in [1.807, 2.05) is 42.7 Å². The average molecular weight is 320 g/mol. The Balaban J connectivity index is 2.19. The zero-order valence-corrected chi connectivity index (χ0v) is 13.4. The van der Waals surface area contributed by atoms with E-state index in [9.17, 15) is 9.59 Å². The third kappa shape index (κ3) is 3.90. The topological polar surface area (TPSA) is 60.9 Å². The van der Waals surface area contributed by atoms with Crippen LogP contribution in [0.15, 0.2) is 35.7 Å². The van der Waals surface area contributed by atoms with Crippen LogP contribution in [0.4, 0.5) is 0 Å². The van der Waals surface area contributed by atoms with Gasteiger partial charge in [-0.3, -0.25) is 9.59 Å². The first kappa shape index (κ1) is 16.6. The van der Waals surface area contributed by atoms with Gasteiger partial charge in [0, 0.05) is 13.1 Å². The van der Waals surface area contributed by atoms with Crippen LogP contribution in [-0.4, -0.2) is 58.7 Å². The maximum absolute atomic E-state index is 12.3. The molecule has 5 nitrogen and oxygen atoms in total. The van der Waals surface area contributed by atoms with Gasteiger partial charge in [-0.05, 0) is 17.9 Å². The van der Waals surface area contributed by atoms with Gasteiger partial charge in [0.2, 0.25) is 11.8 Å². The van der Waals surface area contributed by atoms with E-state index < -0.39 is 0 Å². The van der Waals surface area contributed by atoms with Gasteiger partial charge in [0.1, 0.15) is 6.54 Å². The minimum absolute atomic E-state index is 0.00790. The molecule has 1 aromatic rings. The van der Waals surface area contributed by atoms with Crippen molar-refractivity contribution in [2.45, 2.75) is 6.92 Å². The quantitative estimate of drug-likeness (QED) is 0.861. The van der Waals surface area contributed by atoms with Crippen molar-refractivity contribution in [2.24, 2.45) is 0 Å². The van der Waals surface area contributed by atoms with Gasteiger partial charge in [-0.1, -0.05) is 30.3 Å². The van der Waals surface area contributed by atoms with Crippen molar-refractivity contribution in [3.63, 3.8) is 0 Å². The van der Waals surface area contributed by atoms with Crippen molar-refractivity contribution in [2.75, 3.05) is 32.0 Å². The predicted molar refractivity (Wildman–Crippen MR) is 87.9 cm³/mol. The summed E-state index contributed by atoms with van der Waals surface area (Å²) in [4.78, 5) is 27.7. The molecule has 2 rings (SSSR count). The van der Waals surface area contributed by atoms with E-state index >= 15 is 0 Å². The Bertz CT molecular complexity index is 560. The summed E-state index contributed by atoms with van der Waals surface area (Å²) in [6, 6.07) is 9.58. The molecule has 1 N–H and O–H groups in total. The smallest absolute Gasteiger partial charge is 0.242 e. The summed E-state index contributed by atoms with van der Waals surface area (Å²) in [5.41, 5.74) is 1.68. The summed E-state index contributed by atoms with van der Waals surface area (Å²) < 4.78 is 0. The van der Waals surface area contributed by atoms with Crippen LogP contribution in [0.25, 0.3) is 5.70 Å². The first-order valence-corrected chi connectivity index (χ1v) is 8.28. The highest BCUT2D eigenvalue weighted by molar-refractivity contribution is 8.03. The average Bonchev–Trinajstić information content (AvgIpc) is 2.55. The molecule has 0 saturated carbocycles. The lowest BCUT2D eigenvalue weighted by Crippen LogP contribution is -2.44. The number of aliphatic hydroxyl groups excluding tert-OH is 1. The van der Waals surface area contributed by atoms with Crippen molar-refractivity contribution in [3.8, 4) is 0 Å². The van der Waals surface area contributed by atoms with Crippen LogP contribution < -0.4 is 0 Å². The normalized spacial score (nSPS) is 14.7. The number of hydrogen-bond donors (Lipinski definition) is 1. The standard InChI is InChI=1S/C16H20N2O3S/c1-2-17(8-9-19)15(20)10-18-14(11-22-12-16(18)21)13-6-4-3-5-7-13/h3-7,11,19H,2,8-10,12H2,1H3. The molecule has 0 atom stereocenters. The predicted octanol–water partition coefficient (Wildman–Crippen LogP) is 1.40. The Morgan fingerprint density at radius 2 is 2.09 bits per heavy atom. The number of likely N-dealkylation sites (N-methyl/N-ethyl adjacent to an activating group) is 1. The molecule has 0 aliphatic carbocycles. The monoisotopic (exact) mass is 320 g/mol. The fourth-order valence-corrected chi connectivity index (χ4v) is 3.09. The Kier molecular flexibility index (Phi) is 6.03.